The SMILES string of the molecule is CC(NC(=O)c1ccccc1Cl)c1nc2ccccc2n1CCCOc1cccc2ccccc12. The molecule has 0 bridgehead atoms. The third-order valence-electron chi connectivity index (χ3n) is 6.07. The lowest BCUT2D eigenvalue weighted by molar-refractivity contribution is 0.0937. The topological polar surface area (TPSA) is 56.2 Å². The van der Waals surface area contributed by atoms with E-state index in [2.05, 4.69) is 34.1 Å². The Morgan fingerprint density at radius 3 is 2.60 bits per heavy atom. The number of halogens is 1. The number of amides is 1. The lowest BCUT2D eigenvalue weighted by Gasteiger charge is -2.17. The van der Waals surface area contributed by atoms with Crippen LogP contribution in [0.3, 0.4) is 0 Å². The summed E-state index contributed by atoms with van der Waals surface area (Å²) in [7, 11) is 0. The Hall–Kier alpha value is -3.83. The first-order valence-corrected chi connectivity index (χ1v) is 12.1. The zero-order valence-electron chi connectivity index (χ0n) is 19.4. The minimum atomic E-state index is -0.301. The van der Waals surface area contributed by atoms with Gasteiger partial charge in [0.2, 0.25) is 0 Å². The maximum Gasteiger partial charge on any atom is 0.253 e. The third-order valence-corrected chi connectivity index (χ3v) is 6.40. The molecule has 0 fully saturated rings. The second-order valence-corrected chi connectivity index (χ2v) is 8.87. The molecule has 1 N–H and O–H groups in total. The van der Waals surface area contributed by atoms with E-state index in [4.69, 9.17) is 21.3 Å². The molecule has 176 valence electrons. The zero-order valence-corrected chi connectivity index (χ0v) is 20.2. The molecule has 35 heavy (non-hydrogen) atoms. The quantitative estimate of drug-likeness (QED) is 0.247. The van der Waals surface area contributed by atoms with Crippen LogP contribution in [0, 0.1) is 0 Å². The first-order chi connectivity index (χ1) is 17.1. The molecular formula is C29H26ClN3O2. The number of aromatic nitrogens is 2. The summed E-state index contributed by atoms with van der Waals surface area (Å²) in [4.78, 5) is 17.7. The summed E-state index contributed by atoms with van der Waals surface area (Å²) in [5, 5.41) is 5.75. The number of carbonyl (C=O) groups excluding carboxylic acids is 1. The molecule has 0 radical (unpaired) electrons. The van der Waals surface area contributed by atoms with E-state index in [1.807, 2.05) is 55.5 Å². The van der Waals surface area contributed by atoms with Crippen LogP contribution in [-0.4, -0.2) is 22.1 Å². The van der Waals surface area contributed by atoms with Gasteiger partial charge in [-0.05, 0) is 49.1 Å². The number of carbonyl (C=O) groups is 1. The molecule has 1 unspecified atom stereocenters. The van der Waals surface area contributed by atoms with E-state index in [1.165, 1.54) is 0 Å². The molecule has 4 aromatic carbocycles. The smallest absolute Gasteiger partial charge is 0.253 e. The van der Waals surface area contributed by atoms with Gasteiger partial charge in [-0.25, -0.2) is 4.98 Å². The zero-order chi connectivity index (χ0) is 24.2. The number of benzene rings is 4. The predicted molar refractivity (Wildman–Crippen MR) is 141 cm³/mol. The van der Waals surface area contributed by atoms with Gasteiger partial charge < -0.3 is 14.6 Å². The highest BCUT2D eigenvalue weighted by atomic mass is 35.5. The Morgan fingerprint density at radius 2 is 1.71 bits per heavy atom. The van der Waals surface area contributed by atoms with Crippen LogP contribution in [-0.2, 0) is 6.54 Å². The van der Waals surface area contributed by atoms with Crippen LogP contribution in [0.1, 0.15) is 35.6 Å². The average Bonchev–Trinajstić information content (AvgIpc) is 3.25. The van der Waals surface area contributed by atoms with Crippen LogP contribution >= 0.6 is 11.6 Å². The molecule has 0 aliphatic rings. The maximum absolute atomic E-state index is 12.8. The van der Waals surface area contributed by atoms with E-state index < -0.39 is 0 Å². The number of hydrogen-bond acceptors (Lipinski definition) is 3. The highest BCUT2D eigenvalue weighted by Gasteiger charge is 2.20. The summed E-state index contributed by atoms with van der Waals surface area (Å²) in [6.07, 6.45) is 0.793. The Balaban J connectivity index is 1.32. The maximum atomic E-state index is 12.8. The first-order valence-electron chi connectivity index (χ1n) is 11.7. The summed E-state index contributed by atoms with van der Waals surface area (Å²) in [5.41, 5.74) is 2.38. The highest BCUT2D eigenvalue weighted by Crippen LogP contribution is 2.26. The van der Waals surface area contributed by atoms with Crippen molar-refractivity contribution in [1.29, 1.82) is 0 Å². The van der Waals surface area contributed by atoms with Gasteiger partial charge in [-0.2, -0.15) is 0 Å². The molecule has 1 heterocycles. The number of nitrogens with one attached hydrogen (secondary N) is 1. The lowest BCUT2D eigenvalue weighted by atomic mass is 10.1. The van der Waals surface area contributed by atoms with Crippen molar-refractivity contribution in [1.82, 2.24) is 14.9 Å². The highest BCUT2D eigenvalue weighted by molar-refractivity contribution is 6.33. The largest absolute Gasteiger partial charge is 0.493 e. The molecule has 6 heteroatoms. The van der Waals surface area contributed by atoms with E-state index >= 15 is 0 Å². The standard InChI is InChI=1S/C29H26ClN3O2/c1-20(31-29(34)23-13-4-5-14-24(23)30)28-32-25-15-6-7-16-26(25)33(28)18-9-19-35-27-17-8-11-21-10-2-3-12-22(21)27/h2-8,10-17,20H,9,18-19H2,1H3,(H,31,34). The number of imidazole rings is 1. The normalized spacial score (nSPS) is 12.1. The van der Waals surface area contributed by atoms with Gasteiger partial charge in [0.05, 0.1) is 34.3 Å². The van der Waals surface area contributed by atoms with Crippen molar-refractivity contribution in [2.45, 2.75) is 25.9 Å². The minimum absolute atomic E-state index is 0.221. The van der Waals surface area contributed by atoms with Gasteiger partial charge in [0, 0.05) is 11.9 Å². The Kier molecular flexibility index (Phi) is 6.68. The number of nitrogens with zero attached hydrogens (tertiary/aromatic N) is 2. The summed E-state index contributed by atoms with van der Waals surface area (Å²) in [6.45, 7) is 3.23. The van der Waals surface area contributed by atoms with Crippen molar-refractivity contribution in [3.8, 4) is 5.75 Å². The molecule has 1 atom stereocenters. The second-order valence-electron chi connectivity index (χ2n) is 8.46. The summed E-state index contributed by atoms with van der Waals surface area (Å²) >= 11 is 6.22. The number of aryl methyl sites for hydroxylation is 1. The lowest BCUT2D eigenvalue weighted by Crippen LogP contribution is -2.29. The molecule has 0 saturated carbocycles. The minimum Gasteiger partial charge on any atom is -0.493 e. The van der Waals surface area contributed by atoms with Crippen molar-refractivity contribution in [3.63, 3.8) is 0 Å². The fourth-order valence-electron chi connectivity index (χ4n) is 4.37. The molecule has 0 aliphatic heterocycles. The van der Waals surface area contributed by atoms with Gasteiger partial charge >= 0.3 is 0 Å². The monoisotopic (exact) mass is 483 g/mol. The van der Waals surface area contributed by atoms with Gasteiger partial charge in [-0.15, -0.1) is 0 Å². The molecule has 5 nitrogen and oxygen atoms in total. The third kappa shape index (κ3) is 4.86. The van der Waals surface area contributed by atoms with E-state index in [0.29, 0.717) is 23.7 Å². The van der Waals surface area contributed by atoms with Crippen molar-refractivity contribution in [2.24, 2.45) is 0 Å². The van der Waals surface area contributed by atoms with Crippen molar-refractivity contribution >= 4 is 39.3 Å². The van der Waals surface area contributed by atoms with E-state index in [9.17, 15) is 4.79 Å². The fourth-order valence-corrected chi connectivity index (χ4v) is 4.59. The van der Waals surface area contributed by atoms with Crippen molar-refractivity contribution in [2.75, 3.05) is 6.61 Å². The number of fused-ring (bicyclic) bond motifs is 2. The molecule has 0 aliphatic carbocycles. The van der Waals surface area contributed by atoms with Gasteiger partial charge in [-0.1, -0.05) is 72.3 Å². The van der Waals surface area contributed by atoms with Crippen LogP contribution < -0.4 is 10.1 Å². The molecule has 1 amide bonds. The van der Waals surface area contributed by atoms with E-state index in [-0.39, 0.29) is 11.9 Å². The van der Waals surface area contributed by atoms with Gasteiger partial charge in [0.15, 0.2) is 0 Å². The number of rotatable bonds is 8. The Bertz CT molecular complexity index is 1490. The molecule has 5 rings (SSSR count). The molecule has 0 saturated heterocycles. The summed E-state index contributed by atoms with van der Waals surface area (Å²) < 4.78 is 8.31. The number of para-hydroxylation sites is 2. The first kappa shape index (κ1) is 22.9. The number of hydrogen-bond donors (Lipinski definition) is 1. The van der Waals surface area contributed by atoms with Crippen molar-refractivity contribution in [3.05, 3.63) is 107 Å². The van der Waals surface area contributed by atoms with Gasteiger partial charge in [-0.3, -0.25) is 4.79 Å². The van der Waals surface area contributed by atoms with E-state index in [1.54, 1.807) is 18.2 Å². The van der Waals surface area contributed by atoms with Gasteiger partial charge in [0.25, 0.3) is 5.91 Å². The summed E-state index contributed by atoms with van der Waals surface area (Å²) in [6, 6.07) is 29.1. The van der Waals surface area contributed by atoms with E-state index in [0.717, 1.165) is 39.8 Å². The Labute approximate surface area is 209 Å². The van der Waals surface area contributed by atoms with Crippen LogP contribution in [0.5, 0.6) is 5.75 Å². The van der Waals surface area contributed by atoms with Crippen LogP contribution in [0.4, 0.5) is 0 Å². The molecular weight excluding hydrogens is 458 g/mol. The summed E-state index contributed by atoms with van der Waals surface area (Å²) in [5.74, 6) is 1.47. The Morgan fingerprint density at radius 1 is 0.971 bits per heavy atom. The predicted octanol–water partition coefficient (Wildman–Crippen LogP) is 6.80. The molecule has 0 spiro atoms. The average molecular weight is 484 g/mol. The van der Waals surface area contributed by atoms with Gasteiger partial charge in [0.1, 0.15) is 11.6 Å². The van der Waals surface area contributed by atoms with Crippen LogP contribution in [0.25, 0.3) is 21.8 Å². The van der Waals surface area contributed by atoms with Crippen LogP contribution in [0.2, 0.25) is 5.02 Å². The fraction of sp³-hybridized carbons (Fsp3) is 0.172. The van der Waals surface area contributed by atoms with Crippen LogP contribution in [0.15, 0.2) is 91.0 Å². The number of ether oxygens (including phenoxy) is 1. The molecule has 5 aromatic rings. The molecule has 1 aromatic heterocycles. The van der Waals surface area contributed by atoms with Crippen molar-refractivity contribution < 1.29 is 9.53 Å². The second kappa shape index (κ2) is 10.2.